The van der Waals surface area contributed by atoms with E-state index in [9.17, 15) is 9.59 Å². The number of carbonyl (C=O) groups excluding carboxylic acids is 2. The number of hydrogen-bond acceptors (Lipinski definition) is 4. The van der Waals surface area contributed by atoms with E-state index in [1.165, 1.54) is 116 Å². The standard InChI is InChI=1S/C42H74O4/c1-5-9-12-14-16-18-20-22-24-26-28-32-38-33-30-34-39(41(43)46-36-37(8-4)31-11-7-3)40(38)42(44)45-35-29-27-25-23-21-19-17-15-13-10-6-2/h30,33-34,37H,5-29,31-32,35-36H2,1-4H3. The summed E-state index contributed by atoms with van der Waals surface area (Å²) in [5, 5.41) is 0. The van der Waals surface area contributed by atoms with Gasteiger partial charge in [-0.1, -0.05) is 188 Å². The molecule has 0 heterocycles. The molecule has 0 aliphatic rings. The Labute approximate surface area is 285 Å². The van der Waals surface area contributed by atoms with Crippen molar-refractivity contribution in [1.29, 1.82) is 0 Å². The molecule has 1 unspecified atom stereocenters. The number of rotatable bonds is 32. The van der Waals surface area contributed by atoms with E-state index >= 15 is 0 Å². The number of aryl methyl sites for hydroxylation is 1. The van der Waals surface area contributed by atoms with Crippen LogP contribution in [0.5, 0.6) is 0 Å². The monoisotopic (exact) mass is 643 g/mol. The van der Waals surface area contributed by atoms with Crippen LogP contribution in [0.2, 0.25) is 0 Å². The van der Waals surface area contributed by atoms with Crippen LogP contribution in [-0.2, 0) is 15.9 Å². The molecule has 0 aromatic heterocycles. The molecule has 1 aromatic rings. The largest absolute Gasteiger partial charge is 0.462 e. The predicted octanol–water partition coefficient (Wildman–Crippen LogP) is 13.4. The molecule has 0 aliphatic heterocycles. The molecule has 0 aliphatic carbocycles. The van der Waals surface area contributed by atoms with E-state index in [-0.39, 0.29) is 5.97 Å². The summed E-state index contributed by atoms with van der Waals surface area (Å²) < 4.78 is 11.6. The number of hydrogen-bond donors (Lipinski definition) is 0. The minimum atomic E-state index is -0.391. The number of unbranched alkanes of at least 4 members (excludes halogenated alkanes) is 21. The van der Waals surface area contributed by atoms with Gasteiger partial charge in [0.25, 0.3) is 0 Å². The van der Waals surface area contributed by atoms with Gasteiger partial charge >= 0.3 is 11.9 Å². The Kier molecular flexibility index (Phi) is 28.0. The number of benzene rings is 1. The number of carbonyl (C=O) groups is 2. The first-order chi connectivity index (χ1) is 22.6. The first-order valence-electron chi connectivity index (χ1n) is 20.0. The maximum absolute atomic E-state index is 13.5. The van der Waals surface area contributed by atoms with Gasteiger partial charge in [-0.15, -0.1) is 0 Å². The molecule has 0 amide bonds. The summed E-state index contributed by atoms with van der Waals surface area (Å²) in [4.78, 5) is 26.8. The second-order valence-electron chi connectivity index (χ2n) is 13.8. The van der Waals surface area contributed by atoms with Crippen LogP contribution in [0.25, 0.3) is 0 Å². The van der Waals surface area contributed by atoms with Gasteiger partial charge in [0.1, 0.15) is 0 Å². The first kappa shape index (κ1) is 42.2. The van der Waals surface area contributed by atoms with Gasteiger partial charge in [0, 0.05) is 0 Å². The summed E-state index contributed by atoms with van der Waals surface area (Å²) in [6.07, 6.45) is 33.1. The molecule has 1 aromatic carbocycles. The Balaban J connectivity index is 2.63. The van der Waals surface area contributed by atoms with Gasteiger partial charge in [-0.3, -0.25) is 0 Å². The molecule has 1 rings (SSSR count). The first-order valence-corrected chi connectivity index (χ1v) is 20.0. The fourth-order valence-corrected chi connectivity index (χ4v) is 6.37. The van der Waals surface area contributed by atoms with Crippen molar-refractivity contribution < 1.29 is 19.1 Å². The highest BCUT2D eigenvalue weighted by atomic mass is 16.5. The lowest BCUT2D eigenvalue weighted by atomic mass is 9.96. The van der Waals surface area contributed by atoms with Crippen molar-refractivity contribution >= 4 is 11.9 Å². The quantitative estimate of drug-likeness (QED) is 0.0579. The minimum absolute atomic E-state index is 0.361. The Morgan fingerprint density at radius 1 is 0.543 bits per heavy atom. The molecule has 0 saturated heterocycles. The SMILES string of the molecule is CCCCCCCCCCCCCOC(=O)c1c(CCCCCCCCCCCCC)cccc1C(=O)OCC(CC)CCCC. The highest BCUT2D eigenvalue weighted by Gasteiger charge is 2.23. The summed E-state index contributed by atoms with van der Waals surface area (Å²) in [6, 6.07) is 5.65. The molecular weight excluding hydrogens is 568 g/mol. The van der Waals surface area contributed by atoms with Crippen molar-refractivity contribution in [2.75, 3.05) is 13.2 Å². The smallest absolute Gasteiger partial charge is 0.339 e. The molecule has 46 heavy (non-hydrogen) atoms. The van der Waals surface area contributed by atoms with Crippen LogP contribution in [0.4, 0.5) is 0 Å². The second-order valence-corrected chi connectivity index (χ2v) is 13.8. The third kappa shape index (κ3) is 21.1. The highest BCUT2D eigenvalue weighted by molar-refractivity contribution is 6.04. The van der Waals surface area contributed by atoms with Gasteiger partial charge in [-0.25, -0.2) is 9.59 Å². The van der Waals surface area contributed by atoms with Crippen molar-refractivity contribution in [2.24, 2.45) is 5.92 Å². The molecule has 4 nitrogen and oxygen atoms in total. The molecule has 0 radical (unpaired) electrons. The van der Waals surface area contributed by atoms with Crippen LogP contribution in [0, 0.1) is 5.92 Å². The lowest BCUT2D eigenvalue weighted by Crippen LogP contribution is -2.19. The maximum atomic E-state index is 13.5. The third-order valence-corrected chi connectivity index (χ3v) is 9.60. The van der Waals surface area contributed by atoms with E-state index in [0.29, 0.717) is 30.3 Å². The van der Waals surface area contributed by atoms with Crippen molar-refractivity contribution in [1.82, 2.24) is 0 Å². The summed E-state index contributed by atoms with van der Waals surface area (Å²) in [7, 11) is 0. The van der Waals surface area contributed by atoms with Gasteiger partial charge in [-0.05, 0) is 43.2 Å². The van der Waals surface area contributed by atoms with E-state index in [2.05, 4.69) is 27.7 Å². The second kappa shape index (κ2) is 30.5. The van der Waals surface area contributed by atoms with Gasteiger partial charge in [0.2, 0.25) is 0 Å². The Bertz CT molecular complexity index is 863. The van der Waals surface area contributed by atoms with Crippen LogP contribution >= 0.6 is 0 Å². The summed E-state index contributed by atoms with van der Waals surface area (Å²) in [5.74, 6) is -0.395. The zero-order valence-electron chi connectivity index (χ0n) is 30.9. The zero-order chi connectivity index (χ0) is 33.5. The molecule has 0 saturated carbocycles. The highest BCUT2D eigenvalue weighted by Crippen LogP contribution is 2.22. The average Bonchev–Trinajstić information content (AvgIpc) is 3.07. The van der Waals surface area contributed by atoms with Gasteiger partial charge in [0.15, 0.2) is 0 Å². The molecule has 0 N–H and O–H groups in total. The molecule has 0 bridgehead atoms. The van der Waals surface area contributed by atoms with Crippen molar-refractivity contribution in [3.8, 4) is 0 Å². The fourth-order valence-electron chi connectivity index (χ4n) is 6.37. The van der Waals surface area contributed by atoms with Gasteiger partial charge in [-0.2, -0.15) is 0 Å². The third-order valence-electron chi connectivity index (χ3n) is 9.60. The Morgan fingerprint density at radius 2 is 1.02 bits per heavy atom. The van der Waals surface area contributed by atoms with Crippen molar-refractivity contribution in [3.05, 3.63) is 34.9 Å². The summed E-state index contributed by atoms with van der Waals surface area (Å²) in [6.45, 7) is 9.69. The molecule has 1 atom stereocenters. The van der Waals surface area contributed by atoms with Crippen LogP contribution in [-0.4, -0.2) is 25.2 Å². The predicted molar refractivity (Wildman–Crippen MR) is 197 cm³/mol. The fraction of sp³-hybridized carbons (Fsp3) is 0.810. The van der Waals surface area contributed by atoms with Crippen LogP contribution in [0.1, 0.15) is 221 Å². The average molecular weight is 643 g/mol. The van der Waals surface area contributed by atoms with E-state index in [0.717, 1.165) is 63.4 Å². The summed E-state index contributed by atoms with van der Waals surface area (Å²) >= 11 is 0. The number of esters is 2. The van der Waals surface area contributed by atoms with Crippen LogP contribution in [0.15, 0.2) is 18.2 Å². The van der Waals surface area contributed by atoms with Gasteiger partial charge < -0.3 is 9.47 Å². The molecule has 0 fully saturated rings. The Hall–Kier alpha value is -1.84. The zero-order valence-corrected chi connectivity index (χ0v) is 30.9. The topological polar surface area (TPSA) is 52.6 Å². The van der Waals surface area contributed by atoms with E-state index in [4.69, 9.17) is 9.47 Å². The van der Waals surface area contributed by atoms with Crippen LogP contribution < -0.4 is 0 Å². The van der Waals surface area contributed by atoms with E-state index in [1.54, 1.807) is 6.07 Å². The Morgan fingerprint density at radius 3 is 1.52 bits per heavy atom. The van der Waals surface area contributed by atoms with E-state index < -0.39 is 5.97 Å². The lowest BCUT2D eigenvalue weighted by molar-refractivity contribution is 0.0404. The minimum Gasteiger partial charge on any atom is -0.462 e. The lowest BCUT2D eigenvalue weighted by Gasteiger charge is -2.17. The van der Waals surface area contributed by atoms with Crippen molar-refractivity contribution in [2.45, 2.75) is 201 Å². The van der Waals surface area contributed by atoms with Crippen molar-refractivity contribution in [3.63, 3.8) is 0 Å². The van der Waals surface area contributed by atoms with E-state index in [1.807, 2.05) is 12.1 Å². The molecule has 266 valence electrons. The maximum Gasteiger partial charge on any atom is 0.339 e. The van der Waals surface area contributed by atoms with Gasteiger partial charge in [0.05, 0.1) is 24.3 Å². The molecule has 4 heteroatoms. The number of ether oxygens (including phenoxy) is 2. The molecular formula is C42H74O4. The normalized spacial score (nSPS) is 11.9. The summed E-state index contributed by atoms with van der Waals surface area (Å²) in [5.41, 5.74) is 1.73. The molecule has 0 spiro atoms. The van der Waals surface area contributed by atoms with Crippen LogP contribution in [0.3, 0.4) is 0 Å².